The average Bonchev–Trinajstić information content (AvgIpc) is 3.05. The van der Waals surface area contributed by atoms with Gasteiger partial charge in [-0.15, -0.1) is 0 Å². The summed E-state index contributed by atoms with van der Waals surface area (Å²) in [5.74, 6) is -0.0407. The highest BCUT2D eigenvalue weighted by Crippen LogP contribution is 2.38. The van der Waals surface area contributed by atoms with Crippen molar-refractivity contribution in [2.75, 3.05) is 11.4 Å². The predicted octanol–water partition coefficient (Wildman–Crippen LogP) is 3.49. The first-order valence-corrected chi connectivity index (χ1v) is 12.6. The van der Waals surface area contributed by atoms with Crippen LogP contribution in [0.5, 0.6) is 0 Å². The largest absolute Gasteiger partial charge is 0.351 e. The molecule has 1 amide bonds. The third-order valence-corrected chi connectivity index (χ3v) is 7.45. The van der Waals surface area contributed by atoms with E-state index in [2.05, 4.69) is 30.7 Å². The number of aryl methyl sites for hydroxylation is 1. The second-order valence-corrected chi connectivity index (χ2v) is 11.1. The normalized spacial score (nSPS) is 17.5. The average molecular weight is 481 g/mol. The summed E-state index contributed by atoms with van der Waals surface area (Å²) in [6, 6.07) is 13.7. The zero-order valence-electron chi connectivity index (χ0n) is 19.6. The Morgan fingerprint density at radius 3 is 2.47 bits per heavy atom. The van der Waals surface area contributed by atoms with Gasteiger partial charge in [0.15, 0.2) is 4.90 Å². The van der Waals surface area contributed by atoms with Crippen molar-refractivity contribution in [3.05, 3.63) is 76.2 Å². The number of anilines is 1. The minimum Gasteiger partial charge on any atom is -0.351 e. The van der Waals surface area contributed by atoms with Crippen LogP contribution in [0.4, 0.5) is 5.82 Å². The summed E-state index contributed by atoms with van der Waals surface area (Å²) in [6.07, 6.45) is 2.23. The smallest absolute Gasteiger partial charge is 0.269 e. The van der Waals surface area contributed by atoms with Crippen LogP contribution in [0.1, 0.15) is 43.1 Å². The van der Waals surface area contributed by atoms with Crippen LogP contribution in [0.25, 0.3) is 11.3 Å². The summed E-state index contributed by atoms with van der Waals surface area (Å²) in [5, 5.41) is 0. The molecule has 3 heterocycles. The standard InChI is InChI=1S/C25H28N4O4S/c1-16-7-9-18(10-8-16)20-12-11-19(22(27-20)29-15-17(2)14-25(29,3)4)23(30)28-34(32,33)21-6-5-13-26-24(21)31/h5-13,17H,14-15H2,1-4H3,(H,26,31)(H,28,30)/t17-/m0/s1. The van der Waals surface area contributed by atoms with E-state index in [1.807, 2.05) is 35.9 Å². The van der Waals surface area contributed by atoms with Gasteiger partial charge in [-0.05, 0) is 57.4 Å². The molecule has 1 aliphatic rings. The van der Waals surface area contributed by atoms with E-state index in [9.17, 15) is 18.0 Å². The summed E-state index contributed by atoms with van der Waals surface area (Å²) < 4.78 is 27.6. The van der Waals surface area contributed by atoms with Crippen LogP contribution in [0.3, 0.4) is 0 Å². The number of rotatable bonds is 5. The van der Waals surface area contributed by atoms with Crippen LogP contribution in [0.2, 0.25) is 0 Å². The van der Waals surface area contributed by atoms with E-state index in [0.29, 0.717) is 24.0 Å². The fourth-order valence-corrected chi connectivity index (χ4v) is 5.55. The molecule has 178 valence electrons. The van der Waals surface area contributed by atoms with Crippen molar-refractivity contribution in [2.24, 2.45) is 5.92 Å². The number of nitrogens with zero attached hydrogens (tertiary/aromatic N) is 2. The fraction of sp³-hybridized carbons (Fsp3) is 0.320. The van der Waals surface area contributed by atoms with Crippen molar-refractivity contribution in [1.29, 1.82) is 0 Å². The number of pyridine rings is 2. The molecular formula is C25H28N4O4S. The second-order valence-electron chi connectivity index (χ2n) is 9.46. The molecule has 4 rings (SSSR count). The fourth-order valence-electron chi connectivity index (χ4n) is 4.53. The van der Waals surface area contributed by atoms with E-state index in [1.54, 1.807) is 12.1 Å². The highest BCUT2D eigenvalue weighted by molar-refractivity contribution is 7.90. The Morgan fingerprint density at radius 1 is 1.15 bits per heavy atom. The van der Waals surface area contributed by atoms with E-state index >= 15 is 0 Å². The Bertz CT molecular complexity index is 1390. The van der Waals surface area contributed by atoms with E-state index in [4.69, 9.17) is 4.98 Å². The summed E-state index contributed by atoms with van der Waals surface area (Å²) in [6.45, 7) is 8.99. The summed E-state index contributed by atoms with van der Waals surface area (Å²) in [7, 11) is -4.37. The molecule has 1 saturated heterocycles. The number of amides is 1. The van der Waals surface area contributed by atoms with Gasteiger partial charge in [-0.25, -0.2) is 18.1 Å². The Kier molecular flexibility index (Phi) is 6.07. The molecule has 1 atom stereocenters. The topological polar surface area (TPSA) is 112 Å². The van der Waals surface area contributed by atoms with Crippen molar-refractivity contribution < 1.29 is 13.2 Å². The third-order valence-electron chi connectivity index (χ3n) is 6.09. The van der Waals surface area contributed by atoms with Gasteiger partial charge in [0.2, 0.25) is 0 Å². The number of hydrogen-bond donors (Lipinski definition) is 2. The minimum atomic E-state index is -4.37. The first-order valence-electron chi connectivity index (χ1n) is 11.1. The Labute approximate surface area is 199 Å². The lowest BCUT2D eigenvalue weighted by Crippen LogP contribution is -2.41. The van der Waals surface area contributed by atoms with Crippen LogP contribution in [-0.4, -0.2) is 36.4 Å². The molecule has 1 fully saturated rings. The molecule has 0 bridgehead atoms. The van der Waals surface area contributed by atoms with Gasteiger partial charge in [0.1, 0.15) is 5.82 Å². The monoisotopic (exact) mass is 480 g/mol. The van der Waals surface area contributed by atoms with E-state index in [1.165, 1.54) is 12.3 Å². The minimum absolute atomic E-state index is 0.133. The van der Waals surface area contributed by atoms with Crippen LogP contribution >= 0.6 is 0 Å². The molecule has 2 aromatic heterocycles. The van der Waals surface area contributed by atoms with Crippen molar-refractivity contribution >= 4 is 21.7 Å². The van der Waals surface area contributed by atoms with E-state index < -0.39 is 26.4 Å². The first-order chi connectivity index (χ1) is 16.0. The molecule has 8 nitrogen and oxygen atoms in total. The molecule has 0 unspecified atom stereocenters. The van der Waals surface area contributed by atoms with Crippen LogP contribution < -0.4 is 15.2 Å². The van der Waals surface area contributed by atoms with Gasteiger partial charge < -0.3 is 9.88 Å². The number of aromatic amines is 1. The molecule has 0 spiro atoms. The number of H-pyrrole nitrogens is 1. The molecule has 0 saturated carbocycles. The van der Waals surface area contributed by atoms with Crippen molar-refractivity contribution in [1.82, 2.24) is 14.7 Å². The maximum absolute atomic E-state index is 13.2. The molecule has 9 heteroatoms. The van der Waals surface area contributed by atoms with Crippen molar-refractivity contribution in [2.45, 2.75) is 44.6 Å². The van der Waals surface area contributed by atoms with Gasteiger partial charge in [-0.1, -0.05) is 36.8 Å². The number of carbonyl (C=O) groups is 1. The Hall–Kier alpha value is -3.46. The number of sulfonamides is 1. The van der Waals surface area contributed by atoms with Gasteiger partial charge >= 0.3 is 0 Å². The highest BCUT2D eigenvalue weighted by Gasteiger charge is 2.39. The molecule has 0 aliphatic carbocycles. The number of aromatic nitrogens is 2. The maximum Gasteiger partial charge on any atom is 0.269 e. The summed E-state index contributed by atoms with van der Waals surface area (Å²) in [4.78, 5) is 33.9. The first kappa shape index (κ1) is 23.7. The number of hydrogen-bond acceptors (Lipinski definition) is 6. The molecular weight excluding hydrogens is 452 g/mol. The zero-order valence-corrected chi connectivity index (χ0v) is 20.4. The molecule has 34 heavy (non-hydrogen) atoms. The van der Waals surface area contributed by atoms with Crippen LogP contribution in [0.15, 0.2) is 64.4 Å². The SMILES string of the molecule is Cc1ccc(-c2ccc(C(=O)NS(=O)(=O)c3ccc[nH]c3=O)c(N3C[C@@H](C)CC3(C)C)n2)cc1. The molecule has 1 aromatic carbocycles. The number of carbonyl (C=O) groups excluding carboxylic acids is 1. The lowest BCUT2D eigenvalue weighted by molar-refractivity contribution is 0.0981. The lowest BCUT2D eigenvalue weighted by atomic mass is 9.97. The second kappa shape index (κ2) is 8.72. The Morgan fingerprint density at radius 2 is 1.85 bits per heavy atom. The van der Waals surface area contributed by atoms with Gasteiger partial charge in [0.25, 0.3) is 21.5 Å². The Balaban J connectivity index is 1.78. The van der Waals surface area contributed by atoms with Crippen molar-refractivity contribution in [3.63, 3.8) is 0 Å². The van der Waals surface area contributed by atoms with E-state index in [0.717, 1.165) is 23.6 Å². The predicted molar refractivity (Wildman–Crippen MR) is 131 cm³/mol. The highest BCUT2D eigenvalue weighted by atomic mass is 32.2. The van der Waals surface area contributed by atoms with Gasteiger partial charge in [-0.2, -0.15) is 0 Å². The number of benzene rings is 1. The van der Waals surface area contributed by atoms with Gasteiger partial charge in [0.05, 0.1) is 11.3 Å². The van der Waals surface area contributed by atoms with Crippen LogP contribution in [-0.2, 0) is 10.0 Å². The maximum atomic E-state index is 13.2. The quantitative estimate of drug-likeness (QED) is 0.578. The number of nitrogens with one attached hydrogen (secondary N) is 2. The molecule has 1 aliphatic heterocycles. The molecule has 3 aromatic rings. The van der Waals surface area contributed by atoms with E-state index in [-0.39, 0.29) is 11.1 Å². The van der Waals surface area contributed by atoms with Crippen LogP contribution in [0, 0.1) is 12.8 Å². The summed E-state index contributed by atoms with van der Waals surface area (Å²) in [5.41, 5.74) is 1.76. The molecule has 0 radical (unpaired) electrons. The molecule has 2 N–H and O–H groups in total. The van der Waals surface area contributed by atoms with Gasteiger partial charge in [0, 0.05) is 23.8 Å². The third kappa shape index (κ3) is 4.61. The summed E-state index contributed by atoms with van der Waals surface area (Å²) >= 11 is 0. The van der Waals surface area contributed by atoms with Crippen molar-refractivity contribution in [3.8, 4) is 11.3 Å². The van der Waals surface area contributed by atoms with Gasteiger partial charge in [-0.3, -0.25) is 9.59 Å². The lowest BCUT2D eigenvalue weighted by Gasteiger charge is -2.34. The zero-order chi connectivity index (χ0) is 24.7.